The molecule has 0 radical (unpaired) electrons. The molecule has 3 nitrogen and oxygen atoms in total. The van der Waals surface area contributed by atoms with Crippen LogP contribution in [0, 0.1) is 5.82 Å². The second kappa shape index (κ2) is 7.68. The molecule has 0 aromatic heterocycles. The highest BCUT2D eigenvalue weighted by Crippen LogP contribution is 2.32. The molecular weight excluding hydrogens is 317 g/mol. The molecule has 1 heterocycles. The summed E-state index contributed by atoms with van der Waals surface area (Å²) in [6.07, 6.45) is 3.64. The number of hydrogen-bond acceptors (Lipinski definition) is 3. The van der Waals surface area contributed by atoms with Gasteiger partial charge in [0, 0.05) is 30.8 Å². The molecule has 0 saturated carbocycles. The van der Waals surface area contributed by atoms with Gasteiger partial charge in [0.05, 0.1) is 12.7 Å². The minimum atomic E-state index is -0.559. The number of Topliss-reactive ketones (excluding diaryl/α,β-unsaturated/α-hetero) is 1. The Balaban J connectivity index is 1.88. The molecule has 0 bridgehead atoms. The second-order valence-electron chi connectivity index (χ2n) is 6.54. The number of nitrogens with zero attached hydrogens (tertiary/aromatic N) is 1. The number of ether oxygens (including phenoxy) is 1. The first-order valence-corrected chi connectivity index (χ1v) is 8.83. The third kappa shape index (κ3) is 3.68. The SMILES string of the molecule is COc1cc(N2CCCCC2)ccc1C(=O)C(C)c1ccccc1F. The zero-order valence-corrected chi connectivity index (χ0v) is 14.8. The first kappa shape index (κ1) is 17.5. The van der Waals surface area contributed by atoms with E-state index in [9.17, 15) is 9.18 Å². The number of benzene rings is 2. The number of piperidine rings is 1. The lowest BCUT2D eigenvalue weighted by atomic mass is 9.91. The fourth-order valence-corrected chi connectivity index (χ4v) is 3.43. The molecule has 2 aromatic rings. The highest BCUT2D eigenvalue weighted by atomic mass is 19.1. The molecule has 0 aliphatic carbocycles. The molecular formula is C21H24FNO2. The number of carbonyl (C=O) groups is 1. The Bertz CT molecular complexity index is 753. The highest BCUT2D eigenvalue weighted by Gasteiger charge is 2.24. The van der Waals surface area contributed by atoms with Gasteiger partial charge in [0.1, 0.15) is 11.6 Å². The van der Waals surface area contributed by atoms with Crippen LogP contribution in [0.1, 0.15) is 48.0 Å². The lowest BCUT2D eigenvalue weighted by molar-refractivity contribution is 0.0961. The van der Waals surface area contributed by atoms with Gasteiger partial charge in [-0.15, -0.1) is 0 Å². The summed E-state index contributed by atoms with van der Waals surface area (Å²) >= 11 is 0. The van der Waals surface area contributed by atoms with Crippen LogP contribution in [0.25, 0.3) is 0 Å². The van der Waals surface area contributed by atoms with Gasteiger partial charge in [-0.3, -0.25) is 4.79 Å². The van der Waals surface area contributed by atoms with E-state index in [0.717, 1.165) is 18.8 Å². The number of hydrogen-bond donors (Lipinski definition) is 0. The lowest BCUT2D eigenvalue weighted by Crippen LogP contribution is -2.29. The van der Waals surface area contributed by atoms with Crippen LogP contribution in [-0.4, -0.2) is 26.0 Å². The van der Waals surface area contributed by atoms with Gasteiger partial charge in [-0.25, -0.2) is 4.39 Å². The van der Waals surface area contributed by atoms with Gasteiger partial charge in [-0.2, -0.15) is 0 Å². The van der Waals surface area contributed by atoms with Gasteiger partial charge >= 0.3 is 0 Å². The molecule has 0 amide bonds. The van der Waals surface area contributed by atoms with E-state index < -0.39 is 5.92 Å². The molecule has 0 N–H and O–H groups in total. The third-order valence-corrected chi connectivity index (χ3v) is 4.94. The molecule has 4 heteroatoms. The van der Waals surface area contributed by atoms with Crippen molar-refractivity contribution >= 4 is 11.5 Å². The normalized spacial score (nSPS) is 15.7. The van der Waals surface area contributed by atoms with Gasteiger partial charge in [0.25, 0.3) is 0 Å². The van der Waals surface area contributed by atoms with Crippen LogP contribution < -0.4 is 9.64 Å². The maximum Gasteiger partial charge on any atom is 0.173 e. The predicted octanol–water partition coefficient (Wildman–Crippen LogP) is 4.81. The van der Waals surface area contributed by atoms with Crippen molar-refractivity contribution in [2.45, 2.75) is 32.1 Å². The number of carbonyl (C=O) groups excluding carboxylic acids is 1. The van der Waals surface area contributed by atoms with Crippen molar-refractivity contribution in [3.05, 3.63) is 59.4 Å². The zero-order valence-electron chi connectivity index (χ0n) is 14.8. The van der Waals surface area contributed by atoms with Crippen LogP contribution in [-0.2, 0) is 0 Å². The Hall–Kier alpha value is -2.36. The summed E-state index contributed by atoms with van der Waals surface area (Å²) < 4.78 is 19.5. The quantitative estimate of drug-likeness (QED) is 0.731. The fourth-order valence-electron chi connectivity index (χ4n) is 3.43. The minimum absolute atomic E-state index is 0.132. The third-order valence-electron chi connectivity index (χ3n) is 4.94. The van der Waals surface area contributed by atoms with Crippen molar-refractivity contribution in [3.8, 4) is 5.75 Å². The number of methoxy groups -OCH3 is 1. The molecule has 0 spiro atoms. The minimum Gasteiger partial charge on any atom is -0.496 e. The van der Waals surface area contributed by atoms with Crippen molar-refractivity contribution in [1.29, 1.82) is 0 Å². The van der Waals surface area contributed by atoms with Crippen LogP contribution in [0.4, 0.5) is 10.1 Å². The van der Waals surface area contributed by atoms with Gasteiger partial charge in [0.2, 0.25) is 0 Å². The summed E-state index contributed by atoms with van der Waals surface area (Å²) in [5.41, 5.74) is 1.99. The van der Waals surface area contributed by atoms with Gasteiger partial charge in [-0.05, 0) is 43.0 Å². The van der Waals surface area contributed by atoms with E-state index in [1.54, 1.807) is 32.2 Å². The monoisotopic (exact) mass is 341 g/mol. The van der Waals surface area contributed by atoms with E-state index in [1.165, 1.54) is 25.3 Å². The molecule has 1 atom stereocenters. The molecule has 1 fully saturated rings. The predicted molar refractivity (Wildman–Crippen MR) is 98.2 cm³/mol. The molecule has 2 aromatic carbocycles. The van der Waals surface area contributed by atoms with Crippen molar-refractivity contribution < 1.29 is 13.9 Å². The van der Waals surface area contributed by atoms with Crippen molar-refractivity contribution in [2.75, 3.05) is 25.1 Å². The summed E-state index contributed by atoms with van der Waals surface area (Å²) in [5, 5.41) is 0. The molecule has 1 aliphatic heterocycles. The van der Waals surface area contributed by atoms with E-state index in [1.807, 2.05) is 18.2 Å². The smallest absolute Gasteiger partial charge is 0.173 e. The Morgan fingerprint density at radius 3 is 2.52 bits per heavy atom. The number of halogens is 1. The maximum absolute atomic E-state index is 14.0. The number of ketones is 1. The van der Waals surface area contributed by atoms with E-state index in [2.05, 4.69) is 4.90 Å². The summed E-state index contributed by atoms with van der Waals surface area (Å²) in [7, 11) is 1.57. The van der Waals surface area contributed by atoms with Crippen LogP contribution in [0.3, 0.4) is 0 Å². The molecule has 25 heavy (non-hydrogen) atoms. The Morgan fingerprint density at radius 1 is 1.12 bits per heavy atom. The zero-order chi connectivity index (χ0) is 17.8. The largest absolute Gasteiger partial charge is 0.496 e. The van der Waals surface area contributed by atoms with Gasteiger partial charge in [-0.1, -0.05) is 25.1 Å². The lowest BCUT2D eigenvalue weighted by Gasteiger charge is -2.29. The summed E-state index contributed by atoms with van der Waals surface area (Å²) in [5.74, 6) is -0.494. The molecule has 132 valence electrons. The van der Waals surface area contributed by atoms with E-state index in [0.29, 0.717) is 16.9 Å². The van der Waals surface area contributed by atoms with E-state index in [4.69, 9.17) is 4.74 Å². The summed E-state index contributed by atoms with van der Waals surface area (Å²) in [6.45, 7) is 3.79. The molecule has 3 rings (SSSR count). The number of rotatable bonds is 5. The Kier molecular flexibility index (Phi) is 5.37. The topological polar surface area (TPSA) is 29.5 Å². The van der Waals surface area contributed by atoms with Crippen molar-refractivity contribution in [2.24, 2.45) is 0 Å². The molecule has 1 unspecified atom stereocenters. The Labute approximate surface area is 148 Å². The second-order valence-corrected chi connectivity index (χ2v) is 6.54. The average molecular weight is 341 g/mol. The van der Waals surface area contributed by atoms with Gasteiger partial charge in [0.15, 0.2) is 5.78 Å². The van der Waals surface area contributed by atoms with Crippen LogP contribution in [0.2, 0.25) is 0 Å². The first-order chi connectivity index (χ1) is 12.1. The molecule has 1 saturated heterocycles. The average Bonchev–Trinajstić information content (AvgIpc) is 2.67. The van der Waals surface area contributed by atoms with Gasteiger partial charge < -0.3 is 9.64 Å². The standard InChI is InChI=1S/C21H24FNO2/c1-15(17-8-4-5-9-19(17)22)21(24)18-11-10-16(14-20(18)25-2)23-12-6-3-7-13-23/h4-5,8-11,14-15H,3,6-7,12-13H2,1-2H3. The molecule has 1 aliphatic rings. The number of anilines is 1. The highest BCUT2D eigenvalue weighted by molar-refractivity contribution is 6.03. The van der Waals surface area contributed by atoms with Crippen LogP contribution in [0.5, 0.6) is 5.75 Å². The summed E-state index contributed by atoms with van der Waals surface area (Å²) in [4.78, 5) is 15.2. The fraction of sp³-hybridized carbons (Fsp3) is 0.381. The first-order valence-electron chi connectivity index (χ1n) is 8.83. The Morgan fingerprint density at radius 2 is 1.84 bits per heavy atom. The van der Waals surface area contributed by atoms with Crippen LogP contribution >= 0.6 is 0 Å². The van der Waals surface area contributed by atoms with E-state index >= 15 is 0 Å². The van der Waals surface area contributed by atoms with Crippen molar-refractivity contribution in [1.82, 2.24) is 0 Å². The van der Waals surface area contributed by atoms with Crippen molar-refractivity contribution in [3.63, 3.8) is 0 Å². The summed E-state index contributed by atoms with van der Waals surface area (Å²) in [6, 6.07) is 12.1. The van der Waals surface area contributed by atoms with E-state index in [-0.39, 0.29) is 11.6 Å². The maximum atomic E-state index is 14.0. The van der Waals surface area contributed by atoms with Crippen LogP contribution in [0.15, 0.2) is 42.5 Å².